The number of amides is 1. The molecular formula is C15H22N2O3. The maximum atomic E-state index is 11.8. The Kier molecular flexibility index (Phi) is 5.27. The first-order chi connectivity index (χ1) is 9.17. The second kappa shape index (κ2) is 6.52. The first kappa shape index (κ1) is 16.2. The van der Waals surface area contributed by atoms with Crippen molar-refractivity contribution in [3.8, 4) is 0 Å². The Hall–Kier alpha value is -1.88. The maximum absolute atomic E-state index is 11.8. The van der Waals surface area contributed by atoms with Crippen LogP contribution >= 0.6 is 0 Å². The van der Waals surface area contributed by atoms with Crippen LogP contribution in [0.25, 0.3) is 0 Å². The Balaban J connectivity index is 2.52. The van der Waals surface area contributed by atoms with Gasteiger partial charge in [0.2, 0.25) is 5.91 Å². The van der Waals surface area contributed by atoms with Crippen molar-refractivity contribution in [2.45, 2.75) is 39.7 Å². The molecule has 0 bridgehead atoms. The van der Waals surface area contributed by atoms with Gasteiger partial charge in [-0.1, -0.05) is 20.8 Å². The summed E-state index contributed by atoms with van der Waals surface area (Å²) in [4.78, 5) is 22.5. The van der Waals surface area contributed by atoms with Crippen molar-refractivity contribution in [2.75, 3.05) is 5.32 Å². The highest BCUT2D eigenvalue weighted by atomic mass is 16.4. The van der Waals surface area contributed by atoms with Crippen molar-refractivity contribution in [3.63, 3.8) is 0 Å². The van der Waals surface area contributed by atoms with Gasteiger partial charge in [-0.05, 0) is 36.1 Å². The first-order valence-corrected chi connectivity index (χ1v) is 6.56. The zero-order valence-electron chi connectivity index (χ0n) is 12.1. The molecule has 1 amide bonds. The number of carboxylic acid groups (broad SMARTS) is 1. The van der Waals surface area contributed by atoms with Gasteiger partial charge in [-0.15, -0.1) is 0 Å². The summed E-state index contributed by atoms with van der Waals surface area (Å²) >= 11 is 0. The van der Waals surface area contributed by atoms with E-state index in [1.165, 1.54) is 12.1 Å². The summed E-state index contributed by atoms with van der Waals surface area (Å²) < 4.78 is 0. The van der Waals surface area contributed by atoms with Crippen LogP contribution in [0.4, 0.5) is 5.69 Å². The summed E-state index contributed by atoms with van der Waals surface area (Å²) in [7, 11) is 0. The quantitative estimate of drug-likeness (QED) is 0.771. The van der Waals surface area contributed by atoms with E-state index in [1.807, 2.05) is 0 Å². The van der Waals surface area contributed by atoms with Crippen LogP contribution in [0.2, 0.25) is 0 Å². The fourth-order valence-corrected chi connectivity index (χ4v) is 2.01. The molecule has 0 saturated heterocycles. The van der Waals surface area contributed by atoms with Crippen LogP contribution in [0, 0.1) is 5.41 Å². The van der Waals surface area contributed by atoms with Crippen LogP contribution < -0.4 is 11.1 Å². The second-order valence-corrected chi connectivity index (χ2v) is 6.16. The SMILES string of the molecule is CC(C)(C)CC(N)CC(=O)Nc1ccc(C(=O)O)cc1. The number of benzene rings is 1. The van der Waals surface area contributed by atoms with Gasteiger partial charge in [0.25, 0.3) is 0 Å². The van der Waals surface area contributed by atoms with Gasteiger partial charge in [-0.2, -0.15) is 0 Å². The lowest BCUT2D eigenvalue weighted by molar-refractivity contribution is -0.116. The zero-order valence-corrected chi connectivity index (χ0v) is 12.1. The van der Waals surface area contributed by atoms with Crippen LogP contribution in [0.5, 0.6) is 0 Å². The second-order valence-electron chi connectivity index (χ2n) is 6.16. The molecule has 20 heavy (non-hydrogen) atoms. The van der Waals surface area contributed by atoms with Crippen molar-refractivity contribution in [1.82, 2.24) is 0 Å². The van der Waals surface area contributed by atoms with Gasteiger partial charge in [-0.25, -0.2) is 4.79 Å². The summed E-state index contributed by atoms with van der Waals surface area (Å²) in [6.07, 6.45) is 1.01. The number of nitrogens with two attached hydrogens (primary N) is 1. The summed E-state index contributed by atoms with van der Waals surface area (Å²) in [5, 5.41) is 11.5. The normalized spacial score (nSPS) is 12.8. The van der Waals surface area contributed by atoms with Gasteiger partial charge in [0.15, 0.2) is 0 Å². The van der Waals surface area contributed by atoms with E-state index in [1.54, 1.807) is 12.1 Å². The zero-order chi connectivity index (χ0) is 15.3. The van der Waals surface area contributed by atoms with Gasteiger partial charge in [0, 0.05) is 18.2 Å². The number of aromatic carboxylic acids is 1. The largest absolute Gasteiger partial charge is 0.478 e. The van der Waals surface area contributed by atoms with Crippen molar-refractivity contribution in [2.24, 2.45) is 11.1 Å². The molecule has 0 spiro atoms. The van der Waals surface area contributed by atoms with Gasteiger partial charge in [0.1, 0.15) is 0 Å². The van der Waals surface area contributed by atoms with Crippen molar-refractivity contribution >= 4 is 17.6 Å². The van der Waals surface area contributed by atoms with Crippen LogP contribution in [0.3, 0.4) is 0 Å². The summed E-state index contributed by atoms with van der Waals surface area (Å²) in [6.45, 7) is 6.24. The highest BCUT2D eigenvalue weighted by Crippen LogP contribution is 2.21. The lowest BCUT2D eigenvalue weighted by atomic mass is 9.87. The highest BCUT2D eigenvalue weighted by Gasteiger charge is 2.18. The smallest absolute Gasteiger partial charge is 0.335 e. The number of rotatable bonds is 5. The van der Waals surface area contributed by atoms with Crippen LogP contribution in [0.1, 0.15) is 44.0 Å². The molecule has 1 aromatic rings. The standard InChI is InChI=1S/C15H22N2O3/c1-15(2,3)9-11(16)8-13(18)17-12-6-4-10(5-7-12)14(19)20/h4-7,11H,8-9,16H2,1-3H3,(H,17,18)(H,19,20). The minimum absolute atomic E-state index is 0.0861. The first-order valence-electron chi connectivity index (χ1n) is 6.56. The van der Waals surface area contributed by atoms with E-state index in [0.717, 1.165) is 6.42 Å². The molecule has 0 aliphatic rings. The van der Waals surface area contributed by atoms with E-state index in [0.29, 0.717) is 5.69 Å². The number of anilines is 1. The Morgan fingerprint density at radius 2 is 1.80 bits per heavy atom. The monoisotopic (exact) mass is 278 g/mol. The van der Waals surface area contributed by atoms with Crippen molar-refractivity contribution in [3.05, 3.63) is 29.8 Å². The van der Waals surface area contributed by atoms with E-state index in [9.17, 15) is 9.59 Å². The molecule has 0 aliphatic heterocycles. The van der Waals surface area contributed by atoms with Crippen LogP contribution in [-0.2, 0) is 4.79 Å². The van der Waals surface area contributed by atoms with Crippen LogP contribution in [0.15, 0.2) is 24.3 Å². The lowest BCUT2D eigenvalue weighted by Crippen LogP contribution is -2.31. The molecule has 0 aromatic heterocycles. The summed E-state index contributed by atoms with van der Waals surface area (Å²) in [5.41, 5.74) is 6.79. The average Bonchev–Trinajstić information content (AvgIpc) is 2.26. The topological polar surface area (TPSA) is 92.4 Å². The molecule has 0 radical (unpaired) electrons. The number of nitrogens with one attached hydrogen (secondary N) is 1. The number of carbonyl (C=O) groups is 2. The Bertz CT molecular complexity index is 475. The Labute approximate surface area is 119 Å². The maximum Gasteiger partial charge on any atom is 0.335 e. The molecule has 5 heteroatoms. The minimum Gasteiger partial charge on any atom is -0.478 e. The Morgan fingerprint density at radius 3 is 2.25 bits per heavy atom. The molecule has 0 fully saturated rings. The molecule has 1 aromatic carbocycles. The fraction of sp³-hybridized carbons (Fsp3) is 0.467. The predicted molar refractivity (Wildman–Crippen MR) is 78.7 cm³/mol. The fourth-order valence-electron chi connectivity index (χ4n) is 2.01. The van der Waals surface area contributed by atoms with E-state index >= 15 is 0 Å². The molecule has 110 valence electrons. The molecule has 0 aliphatic carbocycles. The number of hydrogen-bond donors (Lipinski definition) is 3. The van der Waals surface area contributed by atoms with Gasteiger partial charge < -0.3 is 16.2 Å². The summed E-state index contributed by atoms with van der Waals surface area (Å²) in [5.74, 6) is -1.15. The molecular weight excluding hydrogens is 256 g/mol. The van der Waals surface area contributed by atoms with E-state index in [2.05, 4.69) is 26.1 Å². The predicted octanol–water partition coefficient (Wildman–Crippen LogP) is 2.48. The third-order valence-electron chi connectivity index (χ3n) is 2.74. The molecule has 0 saturated carbocycles. The third-order valence-corrected chi connectivity index (χ3v) is 2.74. The van der Waals surface area contributed by atoms with Gasteiger partial charge in [-0.3, -0.25) is 4.79 Å². The average molecular weight is 278 g/mol. The molecule has 1 rings (SSSR count). The molecule has 1 atom stereocenters. The van der Waals surface area contributed by atoms with Crippen molar-refractivity contribution < 1.29 is 14.7 Å². The molecule has 1 unspecified atom stereocenters. The number of hydrogen-bond acceptors (Lipinski definition) is 3. The Morgan fingerprint density at radius 1 is 1.25 bits per heavy atom. The molecule has 5 nitrogen and oxygen atoms in total. The lowest BCUT2D eigenvalue weighted by Gasteiger charge is -2.22. The third kappa shape index (κ3) is 5.84. The number of carbonyl (C=O) groups excluding carboxylic acids is 1. The number of carboxylic acids is 1. The van der Waals surface area contributed by atoms with Crippen LogP contribution in [-0.4, -0.2) is 23.0 Å². The van der Waals surface area contributed by atoms with Crippen molar-refractivity contribution in [1.29, 1.82) is 0 Å². The minimum atomic E-state index is -0.991. The molecule has 0 heterocycles. The van der Waals surface area contributed by atoms with Gasteiger partial charge in [0.05, 0.1) is 5.56 Å². The van der Waals surface area contributed by atoms with Gasteiger partial charge >= 0.3 is 5.97 Å². The van der Waals surface area contributed by atoms with E-state index < -0.39 is 5.97 Å². The molecule has 4 N–H and O–H groups in total. The highest BCUT2D eigenvalue weighted by molar-refractivity contribution is 5.92. The van der Waals surface area contributed by atoms with E-state index in [4.69, 9.17) is 10.8 Å². The summed E-state index contributed by atoms with van der Waals surface area (Å²) in [6, 6.07) is 5.85. The van der Waals surface area contributed by atoms with E-state index in [-0.39, 0.29) is 29.3 Å².